The first-order chi connectivity index (χ1) is 15.2. The van der Waals surface area contributed by atoms with E-state index in [0.29, 0.717) is 19.6 Å². The van der Waals surface area contributed by atoms with Gasteiger partial charge in [-0.25, -0.2) is 4.79 Å². The standard InChI is InChI=1S/C24H36N4O4/c1-24(2,3)32-23(31)28-13-7-8-18(16-28)22(30)26-20-11-14-27(15-12-20)17-21(29)25-19-9-5-4-6-10-19/h4-6,9-10,18,20H,7-8,11-17H2,1-3H3,(H,25,29)(H,26,30)/t18-/m0/s1. The third-order valence-corrected chi connectivity index (χ3v) is 5.80. The van der Waals surface area contributed by atoms with E-state index in [1.54, 1.807) is 4.90 Å². The van der Waals surface area contributed by atoms with Gasteiger partial charge in [0.2, 0.25) is 11.8 Å². The van der Waals surface area contributed by atoms with Crippen molar-refractivity contribution in [2.75, 3.05) is 38.0 Å². The highest BCUT2D eigenvalue weighted by molar-refractivity contribution is 5.92. The number of para-hydroxylation sites is 1. The van der Waals surface area contributed by atoms with E-state index in [1.165, 1.54) is 0 Å². The van der Waals surface area contributed by atoms with Gasteiger partial charge < -0.3 is 20.3 Å². The Balaban J connectivity index is 1.39. The number of piperidine rings is 2. The van der Waals surface area contributed by atoms with Gasteiger partial charge in [0.05, 0.1) is 12.5 Å². The van der Waals surface area contributed by atoms with Crippen LogP contribution < -0.4 is 10.6 Å². The van der Waals surface area contributed by atoms with Crippen molar-refractivity contribution < 1.29 is 19.1 Å². The number of nitrogens with zero attached hydrogens (tertiary/aromatic N) is 2. The van der Waals surface area contributed by atoms with E-state index in [9.17, 15) is 14.4 Å². The minimum Gasteiger partial charge on any atom is -0.444 e. The molecular formula is C24H36N4O4. The van der Waals surface area contributed by atoms with Crippen molar-refractivity contribution in [3.63, 3.8) is 0 Å². The van der Waals surface area contributed by atoms with E-state index in [0.717, 1.165) is 44.5 Å². The zero-order valence-electron chi connectivity index (χ0n) is 19.4. The molecule has 2 fully saturated rings. The summed E-state index contributed by atoms with van der Waals surface area (Å²) >= 11 is 0. The molecule has 32 heavy (non-hydrogen) atoms. The van der Waals surface area contributed by atoms with Crippen LogP contribution in [-0.4, -0.2) is 72.1 Å². The first-order valence-electron chi connectivity index (χ1n) is 11.5. The lowest BCUT2D eigenvalue weighted by atomic mass is 9.96. The predicted molar refractivity (Wildman–Crippen MR) is 123 cm³/mol. The Labute approximate surface area is 190 Å². The highest BCUT2D eigenvalue weighted by Crippen LogP contribution is 2.20. The molecule has 2 aliphatic rings. The summed E-state index contributed by atoms with van der Waals surface area (Å²) in [4.78, 5) is 41.2. The molecule has 0 bridgehead atoms. The highest BCUT2D eigenvalue weighted by atomic mass is 16.6. The molecule has 0 aromatic heterocycles. The van der Waals surface area contributed by atoms with E-state index in [-0.39, 0.29) is 29.9 Å². The van der Waals surface area contributed by atoms with Gasteiger partial charge in [-0.3, -0.25) is 14.5 Å². The Morgan fingerprint density at radius 3 is 2.38 bits per heavy atom. The number of anilines is 1. The van der Waals surface area contributed by atoms with Gasteiger partial charge in [-0.05, 0) is 58.6 Å². The molecule has 176 valence electrons. The van der Waals surface area contributed by atoms with Crippen LogP contribution in [0.15, 0.2) is 30.3 Å². The quantitative estimate of drug-likeness (QED) is 0.729. The fraction of sp³-hybridized carbons (Fsp3) is 0.625. The third-order valence-electron chi connectivity index (χ3n) is 5.80. The van der Waals surface area contributed by atoms with E-state index in [1.807, 2.05) is 51.1 Å². The van der Waals surface area contributed by atoms with E-state index in [4.69, 9.17) is 4.74 Å². The summed E-state index contributed by atoms with van der Waals surface area (Å²) in [5, 5.41) is 6.08. The maximum absolute atomic E-state index is 12.8. The lowest BCUT2D eigenvalue weighted by Gasteiger charge is -2.35. The van der Waals surface area contributed by atoms with Crippen molar-refractivity contribution in [1.29, 1.82) is 0 Å². The molecule has 1 aromatic carbocycles. The predicted octanol–water partition coefficient (Wildman–Crippen LogP) is 2.85. The number of carbonyl (C=O) groups is 3. The monoisotopic (exact) mass is 444 g/mol. The number of ether oxygens (including phenoxy) is 1. The molecule has 0 unspecified atom stereocenters. The Morgan fingerprint density at radius 1 is 1.03 bits per heavy atom. The lowest BCUT2D eigenvalue weighted by Crippen LogP contribution is -2.51. The first-order valence-corrected chi connectivity index (χ1v) is 11.5. The van der Waals surface area contributed by atoms with Gasteiger partial charge in [-0.15, -0.1) is 0 Å². The Hall–Kier alpha value is -2.61. The summed E-state index contributed by atoms with van der Waals surface area (Å²) in [5.41, 5.74) is 0.255. The molecule has 3 amide bonds. The lowest BCUT2D eigenvalue weighted by molar-refractivity contribution is -0.127. The van der Waals surface area contributed by atoms with Gasteiger partial charge >= 0.3 is 6.09 Å². The van der Waals surface area contributed by atoms with Crippen molar-refractivity contribution in [1.82, 2.24) is 15.1 Å². The van der Waals surface area contributed by atoms with Crippen LogP contribution >= 0.6 is 0 Å². The molecule has 3 rings (SSSR count). The summed E-state index contributed by atoms with van der Waals surface area (Å²) < 4.78 is 5.45. The van der Waals surface area contributed by atoms with Crippen LogP contribution in [0, 0.1) is 5.92 Å². The number of hydrogen-bond donors (Lipinski definition) is 2. The molecule has 2 heterocycles. The van der Waals surface area contributed by atoms with Crippen molar-refractivity contribution >= 4 is 23.6 Å². The number of amides is 3. The molecular weight excluding hydrogens is 408 g/mol. The molecule has 1 aromatic rings. The average molecular weight is 445 g/mol. The summed E-state index contributed by atoms with van der Waals surface area (Å²) in [6.45, 7) is 8.44. The Kier molecular flexibility index (Phi) is 8.12. The van der Waals surface area contributed by atoms with Crippen molar-refractivity contribution in [3.8, 4) is 0 Å². The van der Waals surface area contributed by atoms with Gasteiger partial charge in [0.25, 0.3) is 0 Å². The minimum absolute atomic E-state index is 0.0125. The summed E-state index contributed by atoms with van der Waals surface area (Å²) in [6.07, 6.45) is 2.85. The zero-order chi connectivity index (χ0) is 23.1. The van der Waals surface area contributed by atoms with Gasteiger partial charge in [-0.1, -0.05) is 18.2 Å². The molecule has 0 spiro atoms. The second-order valence-corrected chi connectivity index (χ2v) is 9.74. The maximum atomic E-state index is 12.8. The second-order valence-electron chi connectivity index (χ2n) is 9.74. The number of rotatable bonds is 5. The zero-order valence-corrected chi connectivity index (χ0v) is 19.4. The van der Waals surface area contributed by atoms with Gasteiger partial charge in [0.15, 0.2) is 0 Å². The van der Waals surface area contributed by atoms with Gasteiger partial charge in [-0.2, -0.15) is 0 Å². The molecule has 0 radical (unpaired) electrons. The smallest absolute Gasteiger partial charge is 0.410 e. The van der Waals surface area contributed by atoms with Crippen LogP contribution in [-0.2, 0) is 14.3 Å². The first kappa shape index (κ1) is 24.0. The fourth-order valence-corrected chi connectivity index (χ4v) is 4.16. The SMILES string of the molecule is CC(C)(C)OC(=O)N1CCC[C@H](C(=O)NC2CCN(CC(=O)Nc3ccccc3)CC2)C1. The Bertz CT molecular complexity index is 785. The summed E-state index contributed by atoms with van der Waals surface area (Å²) in [5.74, 6) is -0.215. The normalized spacial score (nSPS) is 20.5. The van der Waals surface area contributed by atoms with E-state index in [2.05, 4.69) is 15.5 Å². The molecule has 2 aliphatic heterocycles. The summed E-state index contributed by atoms with van der Waals surface area (Å²) in [7, 11) is 0. The fourth-order valence-electron chi connectivity index (χ4n) is 4.16. The number of likely N-dealkylation sites (tertiary alicyclic amines) is 2. The van der Waals surface area contributed by atoms with Gasteiger partial charge in [0, 0.05) is 37.9 Å². The van der Waals surface area contributed by atoms with Crippen LogP contribution in [0.5, 0.6) is 0 Å². The largest absolute Gasteiger partial charge is 0.444 e. The summed E-state index contributed by atoms with van der Waals surface area (Å²) in [6, 6.07) is 9.54. The third kappa shape index (κ3) is 7.51. The topological polar surface area (TPSA) is 91.0 Å². The number of nitrogens with one attached hydrogen (secondary N) is 2. The number of hydrogen-bond acceptors (Lipinski definition) is 5. The van der Waals surface area contributed by atoms with Crippen LogP contribution in [0.3, 0.4) is 0 Å². The molecule has 8 nitrogen and oxygen atoms in total. The van der Waals surface area contributed by atoms with Crippen LogP contribution in [0.25, 0.3) is 0 Å². The molecule has 1 atom stereocenters. The van der Waals surface area contributed by atoms with Gasteiger partial charge in [0.1, 0.15) is 5.60 Å². The average Bonchev–Trinajstić information content (AvgIpc) is 2.74. The van der Waals surface area contributed by atoms with Crippen molar-refractivity contribution in [2.24, 2.45) is 5.92 Å². The van der Waals surface area contributed by atoms with Crippen LogP contribution in [0.1, 0.15) is 46.5 Å². The minimum atomic E-state index is -0.543. The molecule has 2 saturated heterocycles. The van der Waals surface area contributed by atoms with Crippen molar-refractivity contribution in [3.05, 3.63) is 30.3 Å². The molecule has 2 N–H and O–H groups in total. The number of carbonyl (C=O) groups excluding carboxylic acids is 3. The van der Waals surface area contributed by atoms with Crippen molar-refractivity contribution in [2.45, 2.75) is 58.1 Å². The van der Waals surface area contributed by atoms with E-state index >= 15 is 0 Å². The molecule has 0 aliphatic carbocycles. The van der Waals surface area contributed by atoms with Crippen LogP contribution in [0.4, 0.5) is 10.5 Å². The maximum Gasteiger partial charge on any atom is 0.410 e. The number of benzene rings is 1. The van der Waals surface area contributed by atoms with Crippen LogP contribution in [0.2, 0.25) is 0 Å². The second kappa shape index (κ2) is 10.8. The molecule has 0 saturated carbocycles. The Morgan fingerprint density at radius 2 is 1.72 bits per heavy atom. The van der Waals surface area contributed by atoms with E-state index < -0.39 is 5.60 Å². The molecule has 8 heteroatoms. The highest BCUT2D eigenvalue weighted by Gasteiger charge is 2.32.